The van der Waals surface area contributed by atoms with E-state index < -0.39 is 0 Å². The molecule has 0 aliphatic heterocycles. The van der Waals surface area contributed by atoms with Gasteiger partial charge < -0.3 is 88.7 Å². The van der Waals surface area contributed by atoms with Crippen LogP contribution < -0.4 is 48.0 Å². The van der Waals surface area contributed by atoms with Crippen molar-refractivity contribution in [3.63, 3.8) is 0 Å². The zero-order chi connectivity index (χ0) is 73.3. The van der Waals surface area contributed by atoms with Gasteiger partial charge in [-0.05, 0) is 199 Å². The number of nitrogens with zero attached hydrogens (tertiary/aromatic N) is 10. The van der Waals surface area contributed by atoms with Crippen molar-refractivity contribution in [2.75, 3.05) is 26.4 Å². The summed E-state index contributed by atoms with van der Waals surface area (Å²) in [5.74, 6) is 5.62. The van der Waals surface area contributed by atoms with Crippen LogP contribution in [0.15, 0.2) is 176 Å². The van der Waals surface area contributed by atoms with Crippen LogP contribution in [0, 0.1) is 0 Å². The van der Waals surface area contributed by atoms with E-state index in [0.717, 1.165) is 94.8 Å². The molecular formula is C86H122Cu6I2N10O2. The fraction of sp³-hybridized carbons (Fsp3) is 0.465. The average molecular weight is 1960 g/mol. The number of para-hydroxylation sites is 4. The zero-order valence-corrected chi connectivity index (χ0v) is 78.0. The van der Waals surface area contributed by atoms with E-state index >= 15 is 0 Å². The molecule has 0 amide bonds. The molecule has 106 heavy (non-hydrogen) atoms. The van der Waals surface area contributed by atoms with E-state index in [1.165, 1.54) is 44.5 Å². The van der Waals surface area contributed by atoms with Crippen LogP contribution in [0.3, 0.4) is 0 Å². The van der Waals surface area contributed by atoms with Gasteiger partial charge in [-0.3, -0.25) is 20.0 Å². The Balaban J connectivity index is -0.000000391. The maximum absolute atomic E-state index is 5.05. The van der Waals surface area contributed by atoms with Crippen molar-refractivity contribution in [1.82, 2.24) is 9.97 Å². The summed E-state index contributed by atoms with van der Waals surface area (Å²) < 4.78 is 9.67. The van der Waals surface area contributed by atoms with Gasteiger partial charge in [0.05, 0.1) is 22.7 Å². The van der Waals surface area contributed by atoms with Crippen LogP contribution in [-0.2, 0) is 112 Å². The van der Waals surface area contributed by atoms with Crippen LogP contribution in [-0.4, -0.2) is 59.2 Å². The molecule has 0 fully saturated rings. The molecule has 2 heterocycles. The monoisotopic (exact) mass is 1960 g/mol. The number of allylic oxidation sites excluding steroid dienone is 8. The van der Waals surface area contributed by atoms with Crippen molar-refractivity contribution in [3.8, 4) is 0 Å². The SMILES string of the molecule is CC(/C=C(/C)[N-]c1cccc([N-]/C(C)=C\C(C)=Nc2c(C(C)C)cccc2C(C)C)n1)=Nc1c(C(C)C)cccc1C(C)C.CC(/C=C(/C)[N-]c1cccc([N-]/C(C)=C\C(C)=Nc2c(C(C)C)cccc2C(C)C)n1)=Nc1c(C(C)C)cccc1C(C)C.CCOCC.CCOCC.[Cu+].[Cu+].[Cu+].[Cu+].[Cu+].[Cu+].[I-].[I-]. The minimum absolute atomic E-state index is 0. The van der Waals surface area contributed by atoms with E-state index in [0.29, 0.717) is 70.6 Å². The predicted octanol–water partition coefficient (Wildman–Crippen LogP) is 22.0. The number of aromatic nitrogens is 2. The molecule has 608 valence electrons. The molecule has 0 atom stereocenters. The molecule has 0 unspecified atom stereocenters. The fourth-order valence-electron chi connectivity index (χ4n) is 10.9. The van der Waals surface area contributed by atoms with Gasteiger partial charge in [-0.1, -0.05) is 266 Å². The Bertz CT molecular complexity index is 3170. The van der Waals surface area contributed by atoms with Gasteiger partial charge in [0.1, 0.15) is 0 Å². The summed E-state index contributed by atoms with van der Waals surface area (Å²) in [6.45, 7) is 62.8. The quantitative estimate of drug-likeness (QED) is 0.0273. The topological polar surface area (TPSA) is 150 Å². The summed E-state index contributed by atoms with van der Waals surface area (Å²) in [6, 6.07) is 37.5. The minimum Gasteiger partial charge on any atom is -1.00 e. The maximum atomic E-state index is 5.05. The Labute approximate surface area is 740 Å². The Kier molecular flexibility index (Phi) is 64.4. The van der Waals surface area contributed by atoms with Gasteiger partial charge in [0.25, 0.3) is 0 Å². The summed E-state index contributed by atoms with van der Waals surface area (Å²) in [7, 11) is 0. The van der Waals surface area contributed by atoms with E-state index in [9.17, 15) is 0 Å². The predicted molar refractivity (Wildman–Crippen MR) is 429 cm³/mol. The normalized spacial score (nSPS) is 12.0. The molecule has 0 radical (unpaired) electrons. The molecule has 6 aromatic rings. The molecule has 0 saturated carbocycles. The molecule has 6 rings (SSSR count). The number of pyridine rings is 2. The first-order valence-corrected chi connectivity index (χ1v) is 35.8. The molecule has 20 heteroatoms. The fourth-order valence-corrected chi connectivity index (χ4v) is 10.9. The maximum Gasteiger partial charge on any atom is 1.00 e. The Morgan fingerprint density at radius 3 is 0.547 bits per heavy atom. The van der Waals surface area contributed by atoms with Gasteiger partial charge in [0.2, 0.25) is 0 Å². The molecule has 0 spiro atoms. The Morgan fingerprint density at radius 2 is 0.425 bits per heavy atom. The first-order valence-electron chi connectivity index (χ1n) is 35.8. The molecule has 0 N–H and O–H groups in total. The summed E-state index contributed by atoms with van der Waals surface area (Å²) in [5.41, 5.74) is 21.4. The summed E-state index contributed by atoms with van der Waals surface area (Å²) in [5, 5.41) is 19.0. The average Bonchev–Trinajstić information content (AvgIpc) is 0.859. The number of aliphatic imine (C=N–C) groups is 4. The molecular weight excluding hydrogens is 1840 g/mol. The van der Waals surface area contributed by atoms with Gasteiger partial charge in [0.15, 0.2) is 0 Å². The van der Waals surface area contributed by atoms with Crippen molar-refractivity contribution in [1.29, 1.82) is 0 Å². The second kappa shape index (κ2) is 60.2. The number of rotatable bonds is 28. The molecule has 0 aliphatic carbocycles. The van der Waals surface area contributed by atoms with Crippen LogP contribution in [0.25, 0.3) is 21.3 Å². The van der Waals surface area contributed by atoms with Crippen molar-refractivity contribution >= 4 is 68.9 Å². The number of halogens is 2. The van der Waals surface area contributed by atoms with Crippen LogP contribution in [0.2, 0.25) is 0 Å². The number of hydrogen-bond donors (Lipinski definition) is 0. The first kappa shape index (κ1) is 113. The number of ether oxygens (including phenoxy) is 2. The van der Waals surface area contributed by atoms with Gasteiger partial charge in [0, 0.05) is 49.3 Å². The van der Waals surface area contributed by atoms with Crippen LogP contribution >= 0.6 is 0 Å². The summed E-state index contributed by atoms with van der Waals surface area (Å²) >= 11 is 0. The van der Waals surface area contributed by atoms with E-state index in [2.05, 4.69) is 194 Å². The van der Waals surface area contributed by atoms with Gasteiger partial charge >= 0.3 is 102 Å². The number of benzene rings is 4. The third-order valence-electron chi connectivity index (χ3n) is 15.6. The third-order valence-corrected chi connectivity index (χ3v) is 15.6. The molecule has 0 aliphatic rings. The Hall–Kier alpha value is -3.48. The largest absolute Gasteiger partial charge is 1.00 e. The molecule has 12 nitrogen and oxygen atoms in total. The van der Waals surface area contributed by atoms with Crippen molar-refractivity contribution in [2.45, 2.75) is 241 Å². The second-order valence-electron chi connectivity index (χ2n) is 27.3. The van der Waals surface area contributed by atoms with Crippen molar-refractivity contribution < 1.29 is 160 Å². The zero-order valence-electron chi connectivity index (χ0n) is 68.0. The van der Waals surface area contributed by atoms with Gasteiger partial charge in [-0.15, -0.1) is 0 Å². The first-order chi connectivity index (χ1) is 46.3. The number of hydrogen-bond acceptors (Lipinski definition) is 8. The molecule has 0 bridgehead atoms. The van der Waals surface area contributed by atoms with E-state index in [-0.39, 0.29) is 150 Å². The van der Waals surface area contributed by atoms with Crippen LogP contribution in [0.4, 0.5) is 46.0 Å². The van der Waals surface area contributed by atoms with E-state index in [4.69, 9.17) is 50.7 Å². The standard InChI is InChI=1S/2C39H51N5.2C4H10O.6Cu.2HI/c2*1-24(2)32-16-13-17-33(25(3)4)38(32)42-30(11)22-28(9)40-36-20-15-21-37(44-36)41-29(10)23-31(12)43-39-34(26(5)6)18-14-19-35(39)27(7)8;2*1-3-5-4-2;;;;;;;;/h2*13-27H,1-12H3;2*3-4H2,1-2H3;;;;;;;2*1H/q2*-2;;;6*+1;;/p-2/b2*28-22-,29-23-,42-30?,43-31?;;;;;;;;;;. The van der Waals surface area contributed by atoms with Gasteiger partial charge in [-0.25, -0.2) is 0 Å². The van der Waals surface area contributed by atoms with Gasteiger partial charge in [-0.2, -0.15) is 0 Å². The second-order valence-corrected chi connectivity index (χ2v) is 27.3. The van der Waals surface area contributed by atoms with E-state index in [1.807, 2.05) is 144 Å². The molecule has 4 aromatic carbocycles. The van der Waals surface area contributed by atoms with Crippen LogP contribution in [0.1, 0.15) is 286 Å². The van der Waals surface area contributed by atoms with Crippen molar-refractivity contribution in [2.24, 2.45) is 20.0 Å². The summed E-state index contributed by atoms with van der Waals surface area (Å²) in [4.78, 5) is 29.6. The third kappa shape index (κ3) is 40.6. The minimum atomic E-state index is 0. The van der Waals surface area contributed by atoms with Crippen LogP contribution in [0.5, 0.6) is 0 Å². The Morgan fingerprint density at radius 1 is 0.283 bits per heavy atom. The van der Waals surface area contributed by atoms with Crippen molar-refractivity contribution in [3.05, 3.63) is 222 Å². The smallest absolute Gasteiger partial charge is 1.00 e. The summed E-state index contributed by atoms with van der Waals surface area (Å²) in [6.07, 6.45) is 8.05. The molecule has 2 aromatic heterocycles. The molecule has 0 saturated heterocycles. The van der Waals surface area contributed by atoms with E-state index in [1.54, 1.807) is 0 Å².